The van der Waals surface area contributed by atoms with E-state index in [1.807, 2.05) is 0 Å². The maximum Gasteiger partial charge on any atom is 0.341 e. The number of ether oxygens (including phenoxy) is 1. The molecule has 0 saturated heterocycles. The molecule has 1 aromatic rings. The summed E-state index contributed by atoms with van der Waals surface area (Å²) in [6.07, 6.45) is 0. The molecule has 0 aromatic heterocycles. The third-order valence-electron chi connectivity index (χ3n) is 1.87. The molecule has 0 aliphatic carbocycles. The zero-order valence-electron chi connectivity index (χ0n) is 9.62. The van der Waals surface area contributed by atoms with E-state index in [9.17, 15) is 9.90 Å². The van der Waals surface area contributed by atoms with E-state index in [-0.39, 0.29) is 23.2 Å². The molecule has 0 amide bonds. The summed E-state index contributed by atoms with van der Waals surface area (Å²) in [5, 5.41) is 9.59. The highest BCUT2D eigenvalue weighted by atomic mass is 16.5. The molecule has 7 N–H and O–H groups in total. The Hall–Kier alpha value is -2.77. The van der Waals surface area contributed by atoms with Crippen molar-refractivity contribution in [2.75, 3.05) is 7.11 Å². The second kappa shape index (κ2) is 5.53. The van der Waals surface area contributed by atoms with Crippen LogP contribution in [0.25, 0.3) is 0 Å². The number of methoxy groups -OCH3 is 1. The first kappa shape index (κ1) is 13.3. The third kappa shape index (κ3) is 3.37. The quantitative estimate of drug-likeness (QED) is 0.313. The van der Waals surface area contributed by atoms with E-state index in [4.69, 9.17) is 17.2 Å². The minimum Gasteiger partial charge on any atom is -0.507 e. The number of phenolic OH excluding ortho intramolecular Hbond substituents is 1. The van der Waals surface area contributed by atoms with Crippen molar-refractivity contribution in [2.45, 2.75) is 0 Å². The molecule has 8 nitrogen and oxygen atoms in total. The Bertz CT molecular complexity index is 520. The number of aromatic hydroxyl groups is 1. The summed E-state index contributed by atoms with van der Waals surface area (Å²) in [5.74, 6) is -1.33. The van der Waals surface area contributed by atoms with Crippen LogP contribution in [0.4, 0.5) is 5.69 Å². The largest absolute Gasteiger partial charge is 0.507 e. The first-order valence-electron chi connectivity index (χ1n) is 4.79. The molecule has 0 radical (unpaired) electrons. The van der Waals surface area contributed by atoms with E-state index in [1.54, 1.807) is 0 Å². The third-order valence-corrected chi connectivity index (χ3v) is 1.87. The number of nitrogens with two attached hydrogens (primary N) is 3. The number of carbonyl (C=O) groups is 1. The fraction of sp³-hybridized carbons (Fsp3) is 0.100. The van der Waals surface area contributed by atoms with Gasteiger partial charge in [-0.3, -0.25) is 0 Å². The standard InChI is InChI=1S/C10H13N5O3/c1-18-8(17)6-3-2-5(4-7(6)16)14-10(13)15-9(11)12/h2-4,16H,1H3,(H6,11,12,13,14,15). The van der Waals surface area contributed by atoms with Crippen LogP contribution in [-0.2, 0) is 4.74 Å². The van der Waals surface area contributed by atoms with Crippen molar-refractivity contribution in [3.05, 3.63) is 23.8 Å². The lowest BCUT2D eigenvalue weighted by Gasteiger charge is -2.03. The van der Waals surface area contributed by atoms with Gasteiger partial charge >= 0.3 is 5.97 Å². The Morgan fingerprint density at radius 1 is 1.33 bits per heavy atom. The second-order valence-electron chi connectivity index (χ2n) is 3.20. The summed E-state index contributed by atoms with van der Waals surface area (Å²) >= 11 is 0. The fourth-order valence-corrected chi connectivity index (χ4v) is 1.16. The average molecular weight is 251 g/mol. The van der Waals surface area contributed by atoms with Crippen LogP contribution in [0.3, 0.4) is 0 Å². The number of esters is 1. The van der Waals surface area contributed by atoms with Crippen LogP contribution in [0.1, 0.15) is 10.4 Å². The molecule has 0 unspecified atom stereocenters. The van der Waals surface area contributed by atoms with E-state index in [2.05, 4.69) is 14.7 Å². The molecule has 0 fully saturated rings. The number of phenols is 1. The second-order valence-corrected chi connectivity index (χ2v) is 3.20. The molecule has 18 heavy (non-hydrogen) atoms. The Balaban J connectivity index is 3.05. The average Bonchev–Trinajstić information content (AvgIpc) is 2.27. The Morgan fingerprint density at radius 2 is 2.00 bits per heavy atom. The normalized spacial score (nSPS) is 10.8. The van der Waals surface area contributed by atoms with Crippen molar-refractivity contribution in [1.82, 2.24) is 0 Å². The first-order chi connectivity index (χ1) is 8.43. The Labute approximate surface area is 103 Å². The summed E-state index contributed by atoms with van der Waals surface area (Å²) in [7, 11) is 1.21. The SMILES string of the molecule is COC(=O)c1ccc(N=C(N)N=C(N)N)cc1O. The van der Waals surface area contributed by atoms with Gasteiger partial charge in [0.2, 0.25) is 5.96 Å². The number of rotatable bonds is 2. The van der Waals surface area contributed by atoms with Gasteiger partial charge in [-0.25, -0.2) is 9.79 Å². The van der Waals surface area contributed by atoms with Gasteiger partial charge in [0.05, 0.1) is 12.8 Å². The van der Waals surface area contributed by atoms with Crippen molar-refractivity contribution >= 4 is 23.6 Å². The highest BCUT2D eigenvalue weighted by Gasteiger charge is 2.11. The lowest BCUT2D eigenvalue weighted by Crippen LogP contribution is -2.26. The summed E-state index contributed by atoms with van der Waals surface area (Å²) in [5.41, 5.74) is 16.0. The molecule has 0 bridgehead atoms. The van der Waals surface area contributed by atoms with E-state index in [1.165, 1.54) is 25.3 Å². The minimum atomic E-state index is -0.653. The molecule has 0 spiro atoms. The zero-order chi connectivity index (χ0) is 13.7. The van der Waals surface area contributed by atoms with Gasteiger partial charge in [-0.05, 0) is 12.1 Å². The Morgan fingerprint density at radius 3 is 2.50 bits per heavy atom. The van der Waals surface area contributed by atoms with Crippen LogP contribution in [0.2, 0.25) is 0 Å². The molecule has 8 heteroatoms. The first-order valence-corrected chi connectivity index (χ1v) is 4.79. The summed E-state index contributed by atoms with van der Waals surface area (Å²) < 4.78 is 4.48. The predicted molar refractivity (Wildman–Crippen MR) is 66.5 cm³/mol. The van der Waals surface area contributed by atoms with E-state index in [0.717, 1.165) is 0 Å². The lowest BCUT2D eigenvalue weighted by atomic mass is 10.2. The summed E-state index contributed by atoms with van der Waals surface area (Å²) in [4.78, 5) is 18.5. The number of aliphatic imine (C=N–C) groups is 2. The van der Waals surface area contributed by atoms with E-state index >= 15 is 0 Å². The molecule has 0 saturated carbocycles. The fourth-order valence-electron chi connectivity index (χ4n) is 1.16. The molecule has 96 valence electrons. The van der Waals surface area contributed by atoms with Crippen LogP contribution in [0, 0.1) is 0 Å². The van der Waals surface area contributed by atoms with Gasteiger partial charge in [0, 0.05) is 6.07 Å². The van der Waals surface area contributed by atoms with Gasteiger partial charge in [-0.2, -0.15) is 4.99 Å². The summed E-state index contributed by atoms with van der Waals surface area (Å²) in [6, 6.07) is 4.05. The highest BCUT2D eigenvalue weighted by molar-refractivity contribution is 5.95. The monoisotopic (exact) mass is 251 g/mol. The molecular weight excluding hydrogens is 238 g/mol. The van der Waals surface area contributed by atoms with Crippen LogP contribution < -0.4 is 17.2 Å². The van der Waals surface area contributed by atoms with E-state index in [0.29, 0.717) is 5.69 Å². The van der Waals surface area contributed by atoms with Gasteiger partial charge in [0.1, 0.15) is 11.3 Å². The maximum absolute atomic E-state index is 11.2. The highest BCUT2D eigenvalue weighted by Crippen LogP contribution is 2.24. The van der Waals surface area contributed by atoms with Gasteiger partial charge in [0.15, 0.2) is 5.96 Å². The smallest absolute Gasteiger partial charge is 0.341 e. The molecule has 0 atom stereocenters. The summed E-state index contributed by atoms with van der Waals surface area (Å²) in [6.45, 7) is 0. The van der Waals surface area contributed by atoms with Crippen LogP contribution in [0.5, 0.6) is 5.75 Å². The molecule has 1 rings (SSSR count). The molecule has 0 aliphatic heterocycles. The van der Waals surface area contributed by atoms with Crippen molar-refractivity contribution in [3.8, 4) is 5.75 Å². The topological polar surface area (TPSA) is 149 Å². The molecule has 1 aromatic carbocycles. The van der Waals surface area contributed by atoms with Gasteiger partial charge < -0.3 is 27.0 Å². The predicted octanol–water partition coefficient (Wildman–Crippen LogP) is -0.602. The van der Waals surface area contributed by atoms with Gasteiger partial charge in [-0.15, -0.1) is 0 Å². The maximum atomic E-state index is 11.2. The van der Waals surface area contributed by atoms with Gasteiger partial charge in [-0.1, -0.05) is 0 Å². The van der Waals surface area contributed by atoms with Crippen LogP contribution in [0.15, 0.2) is 28.2 Å². The zero-order valence-corrected chi connectivity index (χ0v) is 9.62. The van der Waals surface area contributed by atoms with Crippen molar-refractivity contribution < 1.29 is 14.6 Å². The van der Waals surface area contributed by atoms with Crippen molar-refractivity contribution in [3.63, 3.8) is 0 Å². The molecule has 0 aliphatic rings. The Kier molecular flexibility index (Phi) is 4.08. The number of hydrogen-bond acceptors (Lipinski definition) is 4. The minimum absolute atomic E-state index is 0.0249. The number of nitrogens with zero attached hydrogens (tertiary/aromatic N) is 2. The van der Waals surface area contributed by atoms with Crippen LogP contribution in [-0.4, -0.2) is 30.1 Å². The van der Waals surface area contributed by atoms with E-state index < -0.39 is 5.97 Å². The number of carbonyl (C=O) groups excluding carboxylic acids is 1. The molecule has 0 heterocycles. The van der Waals surface area contributed by atoms with Gasteiger partial charge in [0.25, 0.3) is 0 Å². The molecular formula is C10H13N5O3. The van der Waals surface area contributed by atoms with Crippen molar-refractivity contribution in [1.29, 1.82) is 0 Å². The lowest BCUT2D eigenvalue weighted by molar-refractivity contribution is 0.0597. The number of guanidine groups is 2. The van der Waals surface area contributed by atoms with Crippen molar-refractivity contribution in [2.24, 2.45) is 27.2 Å². The van der Waals surface area contributed by atoms with Crippen LogP contribution >= 0.6 is 0 Å². The number of benzene rings is 1. The number of hydrogen-bond donors (Lipinski definition) is 4.